The number of nitrogens with one attached hydrogen (secondary N) is 2. The second-order valence-corrected chi connectivity index (χ2v) is 11.9. The van der Waals surface area contributed by atoms with E-state index in [1.165, 1.54) is 0 Å². The molecule has 1 fully saturated rings. The zero-order valence-corrected chi connectivity index (χ0v) is 26.1. The van der Waals surface area contributed by atoms with Crippen LogP contribution in [0.3, 0.4) is 0 Å². The van der Waals surface area contributed by atoms with Gasteiger partial charge in [0, 0.05) is 37.0 Å². The van der Waals surface area contributed by atoms with Crippen molar-refractivity contribution in [1.29, 1.82) is 0 Å². The van der Waals surface area contributed by atoms with Crippen LogP contribution in [0.5, 0.6) is 0 Å². The molecule has 2 N–H and O–H groups in total. The summed E-state index contributed by atoms with van der Waals surface area (Å²) < 4.78 is 19.7. The van der Waals surface area contributed by atoms with Crippen molar-refractivity contribution >= 4 is 24.0 Å². The molecule has 238 valence electrons. The molecule has 2 atom stereocenters. The molecule has 12 heteroatoms. The normalized spacial score (nSPS) is 16.4. The second-order valence-electron chi connectivity index (χ2n) is 11.9. The third kappa shape index (κ3) is 9.32. The van der Waals surface area contributed by atoms with E-state index in [-0.39, 0.29) is 30.1 Å². The molecule has 0 bridgehead atoms. The lowest BCUT2D eigenvalue weighted by Crippen LogP contribution is -2.29. The number of esters is 1. The number of alkyl carbamates (subject to hydrolysis) is 1. The number of rotatable bonds is 13. The lowest BCUT2D eigenvalue weighted by atomic mass is 10.0. The molecule has 2 heterocycles. The maximum Gasteiger partial charge on any atom is 0.413 e. The van der Waals surface area contributed by atoms with Crippen LogP contribution in [0.2, 0.25) is 0 Å². The van der Waals surface area contributed by atoms with Gasteiger partial charge in [-0.15, -0.1) is 0 Å². The number of amides is 2. The Morgan fingerprint density at radius 3 is 2.55 bits per heavy atom. The molecule has 0 radical (unpaired) electrons. The fourth-order valence-corrected chi connectivity index (χ4v) is 5.30. The van der Waals surface area contributed by atoms with Crippen molar-refractivity contribution in [2.75, 3.05) is 18.5 Å². The number of unbranched alkanes of at least 4 members (excludes halogenated alkanes) is 2. The van der Waals surface area contributed by atoms with Gasteiger partial charge in [-0.3, -0.25) is 14.7 Å². The Bertz CT molecular complexity index is 1380. The first kappa shape index (κ1) is 32.6. The molecule has 0 saturated heterocycles. The van der Waals surface area contributed by atoms with Gasteiger partial charge in [-0.25, -0.2) is 14.4 Å². The fraction of sp³-hybridized carbons (Fsp3) is 0.531. The highest BCUT2D eigenvalue weighted by Crippen LogP contribution is 2.38. The number of benzene rings is 1. The highest BCUT2D eigenvalue weighted by atomic mass is 16.6. The minimum atomic E-state index is -0.564. The van der Waals surface area contributed by atoms with Gasteiger partial charge in [-0.2, -0.15) is 10.2 Å². The Kier molecular flexibility index (Phi) is 11.4. The third-order valence-corrected chi connectivity index (χ3v) is 7.41. The minimum absolute atomic E-state index is 0.136. The number of aromatic nitrogens is 4. The Hall–Kier alpha value is -4.35. The van der Waals surface area contributed by atoms with Crippen LogP contribution in [0.1, 0.15) is 93.9 Å². The summed E-state index contributed by atoms with van der Waals surface area (Å²) in [6.07, 6.45) is 5.16. The van der Waals surface area contributed by atoms with Crippen LogP contribution in [0, 0.1) is 0 Å². The summed E-state index contributed by atoms with van der Waals surface area (Å²) in [4.78, 5) is 36.9. The molecule has 2 amide bonds. The van der Waals surface area contributed by atoms with Crippen molar-refractivity contribution < 1.29 is 28.6 Å². The SMILES string of the molecule is CCOC(=O)c1ccnn1CCCCCNC(=O)O[C@@H]1CC[C@H](c2cc(NC(=O)OCc3ccccc3)nn2C(C)(C)C)C1. The maximum atomic E-state index is 12.5. The minimum Gasteiger partial charge on any atom is -0.461 e. The monoisotopic (exact) mass is 608 g/mol. The van der Waals surface area contributed by atoms with Crippen LogP contribution in [0.15, 0.2) is 48.7 Å². The average molecular weight is 609 g/mol. The first-order chi connectivity index (χ1) is 21.1. The van der Waals surface area contributed by atoms with Gasteiger partial charge in [0.1, 0.15) is 18.4 Å². The van der Waals surface area contributed by atoms with E-state index < -0.39 is 12.2 Å². The maximum absolute atomic E-state index is 12.5. The van der Waals surface area contributed by atoms with Crippen molar-refractivity contribution in [2.45, 2.75) is 96.9 Å². The van der Waals surface area contributed by atoms with Crippen molar-refractivity contribution in [1.82, 2.24) is 24.9 Å². The molecule has 2 aromatic heterocycles. The highest BCUT2D eigenvalue weighted by Gasteiger charge is 2.33. The van der Waals surface area contributed by atoms with Gasteiger partial charge < -0.3 is 19.5 Å². The molecule has 3 aromatic rings. The van der Waals surface area contributed by atoms with Crippen LogP contribution in [-0.4, -0.2) is 57.0 Å². The van der Waals surface area contributed by atoms with Crippen molar-refractivity contribution in [2.24, 2.45) is 0 Å². The molecule has 0 spiro atoms. The smallest absolute Gasteiger partial charge is 0.413 e. The number of nitrogens with zero attached hydrogens (tertiary/aromatic N) is 4. The summed E-state index contributed by atoms with van der Waals surface area (Å²) in [5.41, 5.74) is 2.03. The van der Waals surface area contributed by atoms with Gasteiger partial charge in [-0.1, -0.05) is 30.3 Å². The second kappa shape index (κ2) is 15.4. The molecular formula is C32H44N6O6. The summed E-state index contributed by atoms with van der Waals surface area (Å²) in [5, 5.41) is 14.5. The molecule has 44 heavy (non-hydrogen) atoms. The van der Waals surface area contributed by atoms with Crippen molar-refractivity contribution in [3.05, 3.63) is 65.6 Å². The molecule has 1 saturated carbocycles. The number of anilines is 1. The largest absolute Gasteiger partial charge is 0.461 e. The van der Waals surface area contributed by atoms with Crippen LogP contribution in [-0.2, 0) is 32.9 Å². The van der Waals surface area contributed by atoms with E-state index in [0.717, 1.165) is 43.4 Å². The molecular weight excluding hydrogens is 564 g/mol. The summed E-state index contributed by atoms with van der Waals surface area (Å²) in [5.74, 6) is 0.194. The summed E-state index contributed by atoms with van der Waals surface area (Å²) in [6, 6.07) is 13.0. The van der Waals surface area contributed by atoms with Gasteiger partial charge in [-0.05, 0) is 77.8 Å². The van der Waals surface area contributed by atoms with E-state index >= 15 is 0 Å². The fourth-order valence-electron chi connectivity index (χ4n) is 5.30. The summed E-state index contributed by atoms with van der Waals surface area (Å²) >= 11 is 0. The average Bonchev–Trinajstić information content (AvgIpc) is 3.74. The molecule has 1 aromatic carbocycles. The molecule has 12 nitrogen and oxygen atoms in total. The standard InChI is InChI=1S/C32H44N6O6/c1-5-42-29(39)26-16-18-34-37(26)19-11-7-10-17-33-30(40)44-25-15-14-24(20-25)27-21-28(36-38(27)32(2,3)4)35-31(41)43-22-23-12-8-6-9-13-23/h6,8-9,12-13,16,18,21,24-25H,5,7,10-11,14-15,17,19-20,22H2,1-4H3,(H,33,40)(H,35,36,41)/t24-,25+/m0/s1. The van der Waals surface area contributed by atoms with Gasteiger partial charge in [0.15, 0.2) is 5.82 Å². The Morgan fingerprint density at radius 1 is 1.00 bits per heavy atom. The molecule has 4 rings (SSSR count). The topological polar surface area (TPSA) is 139 Å². The lowest BCUT2D eigenvalue weighted by molar-refractivity contribution is 0.0511. The van der Waals surface area contributed by atoms with Crippen LogP contribution in [0.25, 0.3) is 0 Å². The third-order valence-electron chi connectivity index (χ3n) is 7.41. The van der Waals surface area contributed by atoms with Crippen LogP contribution in [0.4, 0.5) is 15.4 Å². The Labute approximate surface area is 258 Å². The number of ether oxygens (including phenoxy) is 3. The predicted molar refractivity (Wildman–Crippen MR) is 164 cm³/mol. The first-order valence-corrected chi connectivity index (χ1v) is 15.4. The summed E-state index contributed by atoms with van der Waals surface area (Å²) in [6.45, 7) is 9.56. The van der Waals surface area contributed by atoms with Gasteiger partial charge in [0.25, 0.3) is 0 Å². The van der Waals surface area contributed by atoms with Crippen molar-refractivity contribution in [3.63, 3.8) is 0 Å². The Balaban J connectivity index is 1.19. The molecule has 1 aliphatic rings. The van der Waals surface area contributed by atoms with Gasteiger partial charge in [0.2, 0.25) is 0 Å². The van der Waals surface area contributed by atoms with Crippen LogP contribution < -0.4 is 10.6 Å². The van der Waals surface area contributed by atoms with Crippen molar-refractivity contribution in [3.8, 4) is 0 Å². The predicted octanol–water partition coefficient (Wildman–Crippen LogP) is 5.99. The van der Waals surface area contributed by atoms with E-state index in [0.29, 0.717) is 37.6 Å². The number of hydrogen-bond acceptors (Lipinski definition) is 8. The summed E-state index contributed by atoms with van der Waals surface area (Å²) in [7, 11) is 0. The van der Waals surface area contributed by atoms with Crippen LogP contribution >= 0.6 is 0 Å². The zero-order chi connectivity index (χ0) is 31.5. The zero-order valence-electron chi connectivity index (χ0n) is 26.1. The highest BCUT2D eigenvalue weighted by molar-refractivity contribution is 5.87. The van der Waals surface area contributed by atoms with E-state index in [1.54, 1.807) is 23.9 Å². The molecule has 0 unspecified atom stereocenters. The number of aryl methyl sites for hydroxylation is 1. The lowest BCUT2D eigenvalue weighted by Gasteiger charge is -2.24. The number of hydrogen-bond donors (Lipinski definition) is 2. The number of carbonyl (C=O) groups excluding carboxylic acids is 3. The Morgan fingerprint density at radius 2 is 1.80 bits per heavy atom. The van der Waals surface area contributed by atoms with E-state index in [4.69, 9.17) is 14.2 Å². The van der Waals surface area contributed by atoms with Gasteiger partial charge >= 0.3 is 18.2 Å². The molecule has 0 aliphatic heterocycles. The van der Waals surface area contributed by atoms with E-state index in [2.05, 4.69) is 41.6 Å². The van der Waals surface area contributed by atoms with E-state index in [9.17, 15) is 14.4 Å². The van der Waals surface area contributed by atoms with E-state index in [1.807, 2.05) is 41.1 Å². The van der Waals surface area contributed by atoms with Gasteiger partial charge in [0.05, 0.1) is 12.1 Å². The number of carbonyl (C=O) groups is 3. The first-order valence-electron chi connectivity index (χ1n) is 15.4. The molecule has 1 aliphatic carbocycles. The quantitative estimate of drug-likeness (QED) is 0.137.